The van der Waals surface area contributed by atoms with Crippen molar-refractivity contribution in [2.75, 3.05) is 0 Å². The van der Waals surface area contributed by atoms with Crippen LogP contribution >= 0.6 is 0 Å². The van der Waals surface area contributed by atoms with Crippen molar-refractivity contribution in [3.05, 3.63) is 29.1 Å². The average Bonchev–Trinajstić information content (AvgIpc) is 1.88. The molecule has 1 heterocycles. The molecule has 0 fully saturated rings. The Kier molecular flexibility index (Phi) is 1.63. The molecule has 0 saturated heterocycles. The van der Waals surface area contributed by atoms with Gasteiger partial charge in [-0.25, -0.2) is 4.85 Å². The third kappa shape index (κ3) is 1.11. The van der Waals surface area contributed by atoms with Gasteiger partial charge >= 0.3 is 0 Å². The number of hydrogen-bond donors (Lipinski definition) is 0. The normalized spacial score (nSPS) is 8.90. The first-order chi connectivity index (χ1) is 4.74. The minimum absolute atomic E-state index is 0.533. The summed E-state index contributed by atoms with van der Waals surface area (Å²) in [6.45, 7) is 10.3. The van der Waals surface area contributed by atoms with Crippen LogP contribution in [0.2, 0.25) is 0 Å². The van der Waals surface area contributed by atoms with Crippen molar-refractivity contribution < 1.29 is 0 Å². The van der Waals surface area contributed by atoms with E-state index in [1.54, 1.807) is 13.1 Å². The zero-order valence-corrected chi connectivity index (χ0v) is 5.92. The Balaban J connectivity index is 3.23. The highest BCUT2D eigenvalue weighted by molar-refractivity contribution is 5.45. The van der Waals surface area contributed by atoms with Gasteiger partial charge in [-0.2, -0.15) is 0 Å². The van der Waals surface area contributed by atoms with Crippen molar-refractivity contribution in [2.45, 2.75) is 13.8 Å². The molecular formula is C7H7N3. The molecule has 0 unspecified atom stereocenters. The quantitative estimate of drug-likeness (QED) is 0.503. The van der Waals surface area contributed by atoms with Gasteiger partial charge in [-0.15, -0.1) is 0 Å². The van der Waals surface area contributed by atoms with Crippen LogP contribution in [0.5, 0.6) is 0 Å². The average molecular weight is 133 g/mol. The summed E-state index contributed by atoms with van der Waals surface area (Å²) in [5.74, 6) is 0.713. The van der Waals surface area contributed by atoms with Gasteiger partial charge in [0.25, 0.3) is 0 Å². The summed E-state index contributed by atoms with van der Waals surface area (Å²) in [5, 5.41) is 0. The Bertz CT molecular complexity index is 285. The SMILES string of the molecule is [C-]#[N+]c1cnc(C)nc1C. The topological polar surface area (TPSA) is 30.1 Å². The maximum Gasteiger partial charge on any atom is 0.225 e. The van der Waals surface area contributed by atoms with Crippen LogP contribution in [0.4, 0.5) is 5.69 Å². The third-order valence-electron chi connectivity index (χ3n) is 1.19. The van der Waals surface area contributed by atoms with Gasteiger partial charge in [0.2, 0.25) is 5.69 Å². The molecule has 0 aliphatic carbocycles. The minimum Gasteiger partial charge on any atom is -0.253 e. The fraction of sp³-hybridized carbons (Fsp3) is 0.286. The van der Waals surface area contributed by atoms with Crippen LogP contribution in [0.15, 0.2) is 6.20 Å². The molecule has 0 bridgehead atoms. The van der Waals surface area contributed by atoms with E-state index < -0.39 is 0 Å². The highest BCUT2D eigenvalue weighted by Crippen LogP contribution is 2.12. The molecule has 0 N–H and O–H groups in total. The number of aromatic nitrogens is 2. The predicted molar refractivity (Wildman–Crippen MR) is 37.8 cm³/mol. The maximum absolute atomic E-state index is 6.70. The molecule has 0 radical (unpaired) electrons. The first kappa shape index (κ1) is 6.69. The Morgan fingerprint density at radius 2 is 2.20 bits per heavy atom. The van der Waals surface area contributed by atoms with Crippen LogP contribution in [0, 0.1) is 20.4 Å². The lowest BCUT2D eigenvalue weighted by atomic mass is 10.4. The van der Waals surface area contributed by atoms with Crippen LogP contribution in [-0.2, 0) is 0 Å². The molecule has 3 heteroatoms. The first-order valence-corrected chi connectivity index (χ1v) is 2.91. The van der Waals surface area contributed by atoms with E-state index in [0.29, 0.717) is 11.5 Å². The van der Waals surface area contributed by atoms with Crippen LogP contribution in [0.3, 0.4) is 0 Å². The van der Waals surface area contributed by atoms with Gasteiger partial charge in [-0.3, -0.25) is 9.97 Å². The summed E-state index contributed by atoms with van der Waals surface area (Å²) in [6.07, 6.45) is 1.55. The predicted octanol–water partition coefficient (Wildman–Crippen LogP) is 1.64. The van der Waals surface area contributed by atoms with Gasteiger partial charge in [-0.1, -0.05) is 0 Å². The lowest BCUT2D eigenvalue weighted by Gasteiger charge is -1.94. The molecule has 0 aromatic carbocycles. The molecule has 0 aliphatic heterocycles. The lowest BCUT2D eigenvalue weighted by Crippen LogP contribution is -1.88. The van der Waals surface area contributed by atoms with E-state index in [1.807, 2.05) is 6.92 Å². The van der Waals surface area contributed by atoms with Crippen molar-refractivity contribution in [3.63, 3.8) is 0 Å². The highest BCUT2D eigenvalue weighted by Gasteiger charge is 1.97. The number of aryl methyl sites for hydroxylation is 2. The molecule has 0 aliphatic rings. The molecular weight excluding hydrogens is 126 g/mol. The second kappa shape index (κ2) is 2.44. The standard InChI is InChI=1S/C7H7N3/c1-5-7(8-3)4-9-6(2)10-5/h4H,1-2H3. The van der Waals surface area contributed by atoms with Gasteiger partial charge in [0.05, 0.1) is 6.57 Å². The van der Waals surface area contributed by atoms with Gasteiger partial charge in [0.1, 0.15) is 5.82 Å². The third-order valence-corrected chi connectivity index (χ3v) is 1.19. The van der Waals surface area contributed by atoms with E-state index in [-0.39, 0.29) is 0 Å². The molecule has 0 saturated carbocycles. The largest absolute Gasteiger partial charge is 0.253 e. The van der Waals surface area contributed by atoms with Gasteiger partial charge in [0, 0.05) is 11.9 Å². The summed E-state index contributed by atoms with van der Waals surface area (Å²) >= 11 is 0. The summed E-state index contributed by atoms with van der Waals surface area (Å²) < 4.78 is 0. The molecule has 0 spiro atoms. The van der Waals surface area contributed by atoms with E-state index in [9.17, 15) is 0 Å². The van der Waals surface area contributed by atoms with Crippen LogP contribution in [-0.4, -0.2) is 9.97 Å². The van der Waals surface area contributed by atoms with E-state index >= 15 is 0 Å². The second-order valence-electron chi connectivity index (χ2n) is 2.00. The van der Waals surface area contributed by atoms with Gasteiger partial charge in [0.15, 0.2) is 0 Å². The van der Waals surface area contributed by atoms with E-state index in [1.165, 1.54) is 0 Å². The summed E-state index contributed by atoms with van der Waals surface area (Å²) in [6, 6.07) is 0. The number of hydrogen-bond acceptors (Lipinski definition) is 2. The Hall–Kier alpha value is -1.43. The Morgan fingerprint density at radius 1 is 1.50 bits per heavy atom. The summed E-state index contributed by atoms with van der Waals surface area (Å²) in [7, 11) is 0. The Morgan fingerprint density at radius 3 is 2.70 bits per heavy atom. The zero-order chi connectivity index (χ0) is 7.56. The molecule has 10 heavy (non-hydrogen) atoms. The van der Waals surface area contributed by atoms with Crippen molar-refractivity contribution in [2.24, 2.45) is 0 Å². The van der Waals surface area contributed by atoms with Crippen molar-refractivity contribution >= 4 is 5.69 Å². The molecule has 1 rings (SSSR count). The lowest BCUT2D eigenvalue weighted by molar-refractivity contribution is 1.02. The molecule has 50 valence electrons. The monoisotopic (exact) mass is 133 g/mol. The highest BCUT2D eigenvalue weighted by atomic mass is 14.9. The van der Waals surface area contributed by atoms with Crippen LogP contribution < -0.4 is 0 Å². The van der Waals surface area contributed by atoms with Crippen molar-refractivity contribution in [1.29, 1.82) is 0 Å². The fourth-order valence-electron chi connectivity index (χ4n) is 0.687. The molecule has 0 amide bonds. The number of nitrogens with zero attached hydrogens (tertiary/aromatic N) is 3. The van der Waals surface area contributed by atoms with E-state index in [4.69, 9.17) is 6.57 Å². The summed E-state index contributed by atoms with van der Waals surface area (Å²) in [4.78, 5) is 11.1. The van der Waals surface area contributed by atoms with Crippen molar-refractivity contribution in [1.82, 2.24) is 9.97 Å². The first-order valence-electron chi connectivity index (χ1n) is 2.91. The van der Waals surface area contributed by atoms with Crippen molar-refractivity contribution in [3.8, 4) is 0 Å². The van der Waals surface area contributed by atoms with Gasteiger partial charge < -0.3 is 0 Å². The molecule has 1 aromatic heterocycles. The number of rotatable bonds is 0. The maximum atomic E-state index is 6.70. The fourth-order valence-corrected chi connectivity index (χ4v) is 0.687. The molecule has 3 nitrogen and oxygen atoms in total. The van der Waals surface area contributed by atoms with Crippen LogP contribution in [0.25, 0.3) is 4.85 Å². The van der Waals surface area contributed by atoms with E-state index in [0.717, 1.165) is 5.69 Å². The Labute approximate surface area is 59.6 Å². The second-order valence-corrected chi connectivity index (χ2v) is 2.00. The smallest absolute Gasteiger partial charge is 0.225 e. The summed E-state index contributed by atoms with van der Waals surface area (Å²) in [5.41, 5.74) is 1.29. The zero-order valence-electron chi connectivity index (χ0n) is 5.92. The van der Waals surface area contributed by atoms with E-state index in [2.05, 4.69) is 14.8 Å². The minimum atomic E-state index is 0.533. The molecule has 0 atom stereocenters. The molecule has 1 aromatic rings. The van der Waals surface area contributed by atoms with Crippen LogP contribution in [0.1, 0.15) is 11.5 Å². The van der Waals surface area contributed by atoms with Gasteiger partial charge in [-0.05, 0) is 13.8 Å².